The van der Waals surface area contributed by atoms with Crippen molar-refractivity contribution in [2.24, 2.45) is 13.0 Å². The Hall–Kier alpha value is -3.15. The molecule has 1 aliphatic carbocycles. The molecular weight excluding hydrogens is 326 g/mol. The fraction of sp³-hybridized carbons (Fsp3) is 0.250. The van der Waals surface area contributed by atoms with Gasteiger partial charge in [-0.05, 0) is 43.0 Å². The van der Waals surface area contributed by atoms with Crippen molar-refractivity contribution in [3.8, 4) is 11.3 Å². The lowest BCUT2D eigenvalue weighted by atomic mass is 10.1. The number of benzene rings is 1. The number of rotatable bonds is 5. The number of imidazole rings is 1. The molecule has 4 rings (SSSR count). The van der Waals surface area contributed by atoms with Crippen LogP contribution in [-0.2, 0) is 7.05 Å². The normalized spacial score (nSPS) is 14.8. The molecule has 2 aromatic heterocycles. The van der Waals surface area contributed by atoms with Crippen LogP contribution in [0.3, 0.4) is 0 Å². The Labute approximate surface area is 152 Å². The Morgan fingerprint density at radius 3 is 2.77 bits per heavy atom. The molecule has 1 aliphatic rings. The van der Waals surface area contributed by atoms with Crippen LogP contribution in [0.1, 0.15) is 35.1 Å². The number of nitrogens with two attached hydrogens (primary N) is 1. The fourth-order valence-electron chi connectivity index (χ4n) is 3.16. The summed E-state index contributed by atoms with van der Waals surface area (Å²) in [5.74, 6) is 1.71. The molecular formula is C20H21N5O. The van der Waals surface area contributed by atoms with Crippen molar-refractivity contribution < 1.29 is 4.79 Å². The first kappa shape index (κ1) is 16.3. The number of nitrogen functional groups attached to an aromatic ring is 1. The van der Waals surface area contributed by atoms with Gasteiger partial charge < -0.3 is 15.6 Å². The second-order valence-electron chi connectivity index (χ2n) is 6.71. The lowest BCUT2D eigenvalue weighted by Gasteiger charge is -2.18. The van der Waals surface area contributed by atoms with Crippen molar-refractivity contribution in [1.29, 1.82) is 0 Å². The lowest BCUT2D eigenvalue weighted by Crippen LogP contribution is -2.31. The van der Waals surface area contributed by atoms with Crippen LogP contribution in [0.4, 0.5) is 5.82 Å². The maximum atomic E-state index is 12.9. The summed E-state index contributed by atoms with van der Waals surface area (Å²) in [6.07, 6.45) is 5.90. The highest BCUT2D eigenvalue weighted by atomic mass is 16.1. The van der Waals surface area contributed by atoms with Crippen molar-refractivity contribution in [1.82, 2.24) is 19.9 Å². The van der Waals surface area contributed by atoms with E-state index in [0.717, 1.165) is 29.9 Å². The van der Waals surface area contributed by atoms with Crippen LogP contribution < -0.4 is 11.1 Å². The predicted octanol–water partition coefficient (Wildman–Crippen LogP) is 2.95. The number of amides is 1. The van der Waals surface area contributed by atoms with Crippen LogP contribution in [0.25, 0.3) is 11.3 Å². The number of aromatic nitrogens is 3. The molecule has 132 valence electrons. The molecule has 6 heteroatoms. The van der Waals surface area contributed by atoms with E-state index >= 15 is 0 Å². The van der Waals surface area contributed by atoms with Gasteiger partial charge in [0, 0.05) is 30.6 Å². The first-order valence-electron chi connectivity index (χ1n) is 8.73. The lowest BCUT2D eigenvalue weighted by molar-refractivity contribution is 0.0929. The third-order valence-corrected chi connectivity index (χ3v) is 4.71. The molecule has 1 aromatic carbocycles. The fourth-order valence-corrected chi connectivity index (χ4v) is 3.16. The summed E-state index contributed by atoms with van der Waals surface area (Å²) < 4.78 is 1.97. The second-order valence-corrected chi connectivity index (χ2v) is 6.71. The number of carbonyl (C=O) groups excluding carboxylic acids is 1. The zero-order valence-electron chi connectivity index (χ0n) is 14.6. The van der Waals surface area contributed by atoms with Crippen LogP contribution in [-0.4, -0.2) is 20.4 Å². The Kier molecular flexibility index (Phi) is 4.16. The highest BCUT2D eigenvalue weighted by Crippen LogP contribution is 2.40. The van der Waals surface area contributed by atoms with Crippen LogP contribution in [0, 0.1) is 5.92 Å². The summed E-state index contributed by atoms with van der Waals surface area (Å²) in [6, 6.07) is 12.9. The molecule has 1 saturated carbocycles. The summed E-state index contributed by atoms with van der Waals surface area (Å²) in [4.78, 5) is 21.6. The molecule has 0 bridgehead atoms. The number of aryl methyl sites for hydroxylation is 1. The van der Waals surface area contributed by atoms with Crippen LogP contribution >= 0.6 is 0 Å². The molecule has 0 spiro atoms. The maximum Gasteiger partial charge on any atom is 0.251 e. The Morgan fingerprint density at radius 2 is 2.08 bits per heavy atom. The summed E-state index contributed by atoms with van der Waals surface area (Å²) in [5, 5.41) is 3.16. The molecule has 3 N–H and O–H groups in total. The topological polar surface area (TPSA) is 85.8 Å². The van der Waals surface area contributed by atoms with Crippen LogP contribution in [0.5, 0.6) is 0 Å². The van der Waals surface area contributed by atoms with E-state index in [0.29, 0.717) is 17.3 Å². The first-order valence-corrected chi connectivity index (χ1v) is 8.73. The summed E-state index contributed by atoms with van der Waals surface area (Å²) in [6.45, 7) is 0. The zero-order valence-corrected chi connectivity index (χ0v) is 14.6. The number of nitrogens with zero attached hydrogens (tertiary/aromatic N) is 3. The molecule has 0 unspecified atom stereocenters. The van der Waals surface area contributed by atoms with Crippen LogP contribution in [0.2, 0.25) is 0 Å². The van der Waals surface area contributed by atoms with E-state index in [1.165, 1.54) is 0 Å². The van der Waals surface area contributed by atoms with E-state index in [1.807, 2.05) is 54.2 Å². The molecule has 0 saturated heterocycles. The highest BCUT2D eigenvalue weighted by molar-refractivity contribution is 5.95. The molecule has 1 fully saturated rings. The van der Waals surface area contributed by atoms with Gasteiger partial charge in [0.1, 0.15) is 11.6 Å². The SMILES string of the molecule is Cn1ccnc1[C@H](NC(=O)c1cccc(-c2cccc(N)n2)c1)C1CC1. The van der Waals surface area contributed by atoms with E-state index in [4.69, 9.17) is 5.73 Å². The second kappa shape index (κ2) is 6.63. The van der Waals surface area contributed by atoms with Crippen molar-refractivity contribution in [3.63, 3.8) is 0 Å². The van der Waals surface area contributed by atoms with Gasteiger partial charge in [0.25, 0.3) is 5.91 Å². The number of pyridine rings is 1. The molecule has 6 nitrogen and oxygen atoms in total. The number of anilines is 1. The highest BCUT2D eigenvalue weighted by Gasteiger charge is 2.35. The van der Waals surface area contributed by atoms with Gasteiger partial charge in [-0.1, -0.05) is 18.2 Å². The van der Waals surface area contributed by atoms with E-state index in [1.54, 1.807) is 12.3 Å². The average Bonchev–Trinajstić information content (AvgIpc) is 3.41. The molecule has 1 amide bonds. The number of hydrogen-bond donors (Lipinski definition) is 2. The summed E-state index contributed by atoms with van der Waals surface area (Å²) in [5.41, 5.74) is 7.99. The number of hydrogen-bond acceptors (Lipinski definition) is 4. The molecule has 0 radical (unpaired) electrons. The molecule has 1 atom stereocenters. The predicted molar refractivity (Wildman–Crippen MR) is 100 cm³/mol. The van der Waals surface area contributed by atoms with Gasteiger partial charge in [-0.15, -0.1) is 0 Å². The summed E-state index contributed by atoms with van der Waals surface area (Å²) >= 11 is 0. The minimum absolute atomic E-state index is 0.0587. The van der Waals surface area contributed by atoms with Gasteiger partial charge in [-0.2, -0.15) is 0 Å². The van der Waals surface area contributed by atoms with Gasteiger partial charge in [0.2, 0.25) is 0 Å². The number of nitrogens with one attached hydrogen (secondary N) is 1. The molecule has 0 aliphatic heterocycles. The van der Waals surface area contributed by atoms with Gasteiger partial charge in [-0.3, -0.25) is 4.79 Å². The third kappa shape index (κ3) is 3.31. The van der Waals surface area contributed by atoms with Gasteiger partial charge in [-0.25, -0.2) is 9.97 Å². The van der Waals surface area contributed by atoms with Crippen molar-refractivity contribution in [2.45, 2.75) is 18.9 Å². The summed E-state index contributed by atoms with van der Waals surface area (Å²) in [7, 11) is 1.95. The standard InChI is InChI=1S/C20H21N5O/c1-25-11-10-22-19(25)18(13-8-9-13)24-20(26)15-5-2-4-14(12-15)16-6-3-7-17(21)23-16/h2-7,10-13,18H,8-9H2,1H3,(H2,21,23)(H,24,26)/t18-/m1/s1. The average molecular weight is 347 g/mol. The Morgan fingerprint density at radius 1 is 1.27 bits per heavy atom. The van der Waals surface area contributed by atoms with Gasteiger partial charge >= 0.3 is 0 Å². The van der Waals surface area contributed by atoms with E-state index in [9.17, 15) is 4.79 Å². The quantitative estimate of drug-likeness (QED) is 0.743. The minimum atomic E-state index is -0.101. The minimum Gasteiger partial charge on any atom is -0.384 e. The van der Waals surface area contributed by atoms with E-state index < -0.39 is 0 Å². The maximum absolute atomic E-state index is 12.9. The van der Waals surface area contributed by atoms with Crippen molar-refractivity contribution in [2.75, 3.05) is 5.73 Å². The van der Waals surface area contributed by atoms with E-state index in [2.05, 4.69) is 15.3 Å². The van der Waals surface area contributed by atoms with Crippen LogP contribution in [0.15, 0.2) is 54.9 Å². The molecule has 26 heavy (non-hydrogen) atoms. The largest absolute Gasteiger partial charge is 0.384 e. The van der Waals surface area contributed by atoms with Gasteiger partial charge in [0.05, 0.1) is 11.7 Å². The molecule has 2 heterocycles. The Bertz CT molecular complexity index is 945. The smallest absolute Gasteiger partial charge is 0.251 e. The van der Waals surface area contributed by atoms with Crippen molar-refractivity contribution >= 4 is 11.7 Å². The Balaban J connectivity index is 1.58. The van der Waals surface area contributed by atoms with Gasteiger partial charge in [0.15, 0.2) is 0 Å². The first-order chi connectivity index (χ1) is 12.6. The van der Waals surface area contributed by atoms with Crippen molar-refractivity contribution in [3.05, 3.63) is 66.2 Å². The number of carbonyl (C=O) groups is 1. The zero-order chi connectivity index (χ0) is 18.1. The molecule has 3 aromatic rings. The monoisotopic (exact) mass is 347 g/mol. The third-order valence-electron chi connectivity index (χ3n) is 4.71. The van der Waals surface area contributed by atoms with E-state index in [-0.39, 0.29) is 11.9 Å².